The van der Waals surface area contributed by atoms with Gasteiger partial charge in [-0.2, -0.15) is 4.31 Å². The molecule has 1 aliphatic heterocycles. The topological polar surface area (TPSA) is 63.4 Å². The van der Waals surface area contributed by atoms with Gasteiger partial charge in [0.25, 0.3) is 0 Å². The van der Waals surface area contributed by atoms with E-state index in [1.54, 1.807) is 12.1 Å². The zero-order chi connectivity index (χ0) is 14.9. The van der Waals surface area contributed by atoms with Crippen molar-refractivity contribution >= 4 is 37.6 Å². The summed E-state index contributed by atoms with van der Waals surface area (Å²) in [6.07, 6.45) is 1.83. The predicted molar refractivity (Wildman–Crippen MR) is 84.3 cm³/mol. The van der Waals surface area contributed by atoms with Crippen molar-refractivity contribution in [3.63, 3.8) is 0 Å². The van der Waals surface area contributed by atoms with Crippen LogP contribution in [0.5, 0.6) is 0 Å². The maximum Gasteiger partial charge on any atom is 0.243 e. The minimum Gasteiger partial charge on any atom is -0.328 e. The number of nitrogens with zero attached hydrogens (tertiary/aromatic N) is 1. The molecule has 1 heterocycles. The third-order valence-corrected chi connectivity index (χ3v) is 6.77. The van der Waals surface area contributed by atoms with Crippen LogP contribution in [0, 0.1) is 5.92 Å². The molecule has 1 saturated heterocycles. The Hall–Kier alpha value is -0.140. The number of nitrogens with two attached hydrogens (primary N) is 1. The van der Waals surface area contributed by atoms with Crippen molar-refractivity contribution in [1.29, 1.82) is 0 Å². The molecule has 1 aromatic carbocycles. The molecule has 4 nitrogen and oxygen atoms in total. The molecule has 0 bridgehead atoms. The van der Waals surface area contributed by atoms with Gasteiger partial charge >= 0.3 is 0 Å². The highest BCUT2D eigenvalue weighted by atomic mass is 79.9. The van der Waals surface area contributed by atoms with Gasteiger partial charge in [-0.15, -0.1) is 0 Å². The zero-order valence-electron chi connectivity index (χ0n) is 11.2. The average Bonchev–Trinajstić information content (AvgIpc) is 2.42. The minimum absolute atomic E-state index is 0.00459. The lowest BCUT2D eigenvalue weighted by atomic mass is 9.93. The number of hydrogen-bond donors (Lipinski definition) is 1. The second kappa shape index (κ2) is 6.32. The Kier molecular flexibility index (Phi) is 5.13. The summed E-state index contributed by atoms with van der Waals surface area (Å²) in [5, 5.41) is 0.496. The molecule has 0 aliphatic carbocycles. The first kappa shape index (κ1) is 16.2. The Bertz CT molecular complexity index is 592. The fraction of sp³-hybridized carbons (Fsp3) is 0.538. The fourth-order valence-electron chi connectivity index (χ4n) is 2.41. The van der Waals surface area contributed by atoms with Crippen molar-refractivity contribution in [3.8, 4) is 0 Å². The van der Waals surface area contributed by atoms with E-state index in [9.17, 15) is 8.42 Å². The monoisotopic (exact) mass is 380 g/mol. The van der Waals surface area contributed by atoms with Crippen LogP contribution in [0.15, 0.2) is 27.6 Å². The lowest BCUT2D eigenvalue weighted by Crippen LogP contribution is -2.44. The molecule has 0 saturated carbocycles. The van der Waals surface area contributed by atoms with Gasteiger partial charge in [-0.25, -0.2) is 8.42 Å². The average molecular weight is 382 g/mol. The van der Waals surface area contributed by atoms with Gasteiger partial charge in [0.05, 0.1) is 9.92 Å². The summed E-state index contributed by atoms with van der Waals surface area (Å²) in [6, 6.07) is 4.68. The van der Waals surface area contributed by atoms with Gasteiger partial charge in [0.1, 0.15) is 0 Å². The molecule has 0 spiro atoms. The van der Waals surface area contributed by atoms with E-state index >= 15 is 0 Å². The van der Waals surface area contributed by atoms with E-state index in [4.69, 9.17) is 17.3 Å². The van der Waals surface area contributed by atoms with Crippen LogP contribution in [0.25, 0.3) is 0 Å². The van der Waals surface area contributed by atoms with Crippen molar-refractivity contribution in [1.82, 2.24) is 4.31 Å². The molecule has 1 fully saturated rings. The Morgan fingerprint density at radius 1 is 1.50 bits per heavy atom. The number of benzene rings is 1. The first-order chi connectivity index (χ1) is 9.32. The van der Waals surface area contributed by atoms with Crippen LogP contribution >= 0.6 is 27.5 Å². The van der Waals surface area contributed by atoms with Crippen molar-refractivity contribution in [3.05, 3.63) is 27.7 Å². The second-order valence-electron chi connectivity index (χ2n) is 5.20. The van der Waals surface area contributed by atoms with E-state index in [0.29, 0.717) is 22.6 Å². The van der Waals surface area contributed by atoms with Crippen molar-refractivity contribution < 1.29 is 8.42 Å². The SMILES string of the molecule is CC(N)C1CCCN(S(=O)(=O)c2ccc(Cl)c(Br)c2)C1. The molecule has 7 heteroatoms. The van der Waals surface area contributed by atoms with Gasteiger partial charge in [0.2, 0.25) is 10.0 Å². The number of halogens is 2. The maximum absolute atomic E-state index is 12.6. The number of hydrogen-bond acceptors (Lipinski definition) is 3. The van der Waals surface area contributed by atoms with Crippen molar-refractivity contribution in [2.75, 3.05) is 13.1 Å². The maximum atomic E-state index is 12.6. The Labute approximate surface area is 133 Å². The lowest BCUT2D eigenvalue weighted by Gasteiger charge is -2.33. The van der Waals surface area contributed by atoms with Gasteiger partial charge in [-0.3, -0.25) is 0 Å². The first-order valence-electron chi connectivity index (χ1n) is 6.53. The standard InChI is InChI=1S/C13H18BrClN2O2S/c1-9(16)10-3-2-6-17(8-10)20(18,19)11-4-5-13(15)12(14)7-11/h4-5,7,9-10H,2-3,6,8,16H2,1H3. The van der Waals surface area contributed by atoms with Crippen LogP contribution < -0.4 is 5.73 Å². The van der Waals surface area contributed by atoms with E-state index in [1.807, 2.05) is 6.92 Å². The highest BCUT2D eigenvalue weighted by molar-refractivity contribution is 9.10. The van der Waals surface area contributed by atoms with Gasteiger partial charge in [0, 0.05) is 23.6 Å². The smallest absolute Gasteiger partial charge is 0.243 e. The van der Waals surface area contributed by atoms with Gasteiger partial charge < -0.3 is 5.73 Å². The first-order valence-corrected chi connectivity index (χ1v) is 9.14. The van der Waals surface area contributed by atoms with Crippen molar-refractivity contribution in [2.24, 2.45) is 11.7 Å². The van der Waals surface area contributed by atoms with Crippen LogP contribution in [0.1, 0.15) is 19.8 Å². The quantitative estimate of drug-likeness (QED) is 0.875. The number of piperidine rings is 1. The highest BCUT2D eigenvalue weighted by Crippen LogP contribution is 2.29. The van der Waals surface area contributed by atoms with E-state index < -0.39 is 10.0 Å². The summed E-state index contributed by atoms with van der Waals surface area (Å²) in [5.74, 6) is 0.217. The predicted octanol–water partition coefficient (Wildman–Crippen LogP) is 2.85. The van der Waals surface area contributed by atoms with Crippen LogP contribution in [-0.4, -0.2) is 31.9 Å². The van der Waals surface area contributed by atoms with E-state index in [1.165, 1.54) is 10.4 Å². The van der Waals surface area contributed by atoms with E-state index in [0.717, 1.165) is 12.8 Å². The Morgan fingerprint density at radius 2 is 2.20 bits per heavy atom. The second-order valence-corrected chi connectivity index (χ2v) is 8.40. The summed E-state index contributed by atoms with van der Waals surface area (Å²) in [7, 11) is -3.48. The Balaban J connectivity index is 2.27. The molecule has 1 aromatic rings. The molecule has 20 heavy (non-hydrogen) atoms. The summed E-state index contributed by atoms with van der Waals surface area (Å²) < 4.78 is 27.4. The molecule has 0 radical (unpaired) electrons. The number of rotatable bonds is 3. The molecule has 1 aliphatic rings. The summed E-state index contributed by atoms with van der Waals surface area (Å²) >= 11 is 9.17. The van der Waals surface area contributed by atoms with Crippen LogP contribution in [0.2, 0.25) is 5.02 Å². The third-order valence-electron chi connectivity index (χ3n) is 3.69. The molecule has 2 unspecified atom stereocenters. The van der Waals surface area contributed by atoms with E-state index in [2.05, 4.69) is 15.9 Å². The summed E-state index contributed by atoms with van der Waals surface area (Å²) in [4.78, 5) is 0.263. The van der Waals surface area contributed by atoms with Crippen LogP contribution in [-0.2, 0) is 10.0 Å². The van der Waals surface area contributed by atoms with Gasteiger partial charge in [0.15, 0.2) is 0 Å². The molecule has 2 atom stereocenters. The summed E-state index contributed by atoms with van der Waals surface area (Å²) in [5.41, 5.74) is 5.91. The molecule has 112 valence electrons. The van der Waals surface area contributed by atoms with Gasteiger partial charge in [-0.1, -0.05) is 11.6 Å². The number of sulfonamides is 1. The lowest BCUT2D eigenvalue weighted by molar-refractivity contribution is 0.243. The molecule has 2 N–H and O–H groups in total. The largest absolute Gasteiger partial charge is 0.328 e. The molecular weight excluding hydrogens is 364 g/mol. The molecule has 2 rings (SSSR count). The molecular formula is C13H18BrClN2O2S. The zero-order valence-corrected chi connectivity index (χ0v) is 14.4. The summed E-state index contributed by atoms with van der Waals surface area (Å²) in [6.45, 7) is 2.96. The van der Waals surface area contributed by atoms with E-state index in [-0.39, 0.29) is 16.9 Å². The van der Waals surface area contributed by atoms with Crippen LogP contribution in [0.3, 0.4) is 0 Å². The highest BCUT2D eigenvalue weighted by Gasteiger charge is 2.31. The Morgan fingerprint density at radius 3 is 2.80 bits per heavy atom. The normalized spacial score (nSPS) is 22.7. The van der Waals surface area contributed by atoms with Gasteiger partial charge in [-0.05, 0) is 59.8 Å². The molecule has 0 amide bonds. The fourth-order valence-corrected chi connectivity index (χ4v) is 4.62. The molecule has 0 aromatic heterocycles. The van der Waals surface area contributed by atoms with Crippen LogP contribution in [0.4, 0.5) is 0 Å². The van der Waals surface area contributed by atoms with Crippen molar-refractivity contribution in [2.45, 2.75) is 30.7 Å². The third kappa shape index (κ3) is 3.36. The minimum atomic E-state index is -3.48.